The minimum absolute atomic E-state index is 0.116. The summed E-state index contributed by atoms with van der Waals surface area (Å²) in [6.07, 6.45) is 3.44. The van der Waals surface area contributed by atoms with E-state index in [0.29, 0.717) is 38.1 Å². The van der Waals surface area contributed by atoms with Gasteiger partial charge in [0.2, 0.25) is 11.8 Å². The molecule has 0 bridgehead atoms. The van der Waals surface area contributed by atoms with Crippen LogP contribution in [0.1, 0.15) is 31.7 Å². The molecular weight excluding hydrogens is 316 g/mol. The van der Waals surface area contributed by atoms with E-state index in [9.17, 15) is 4.79 Å². The number of carbonyl (C=O) groups is 1. The van der Waals surface area contributed by atoms with E-state index in [4.69, 9.17) is 4.42 Å². The summed E-state index contributed by atoms with van der Waals surface area (Å²) >= 11 is 0. The van der Waals surface area contributed by atoms with Crippen LogP contribution < -0.4 is 4.90 Å². The third-order valence-corrected chi connectivity index (χ3v) is 4.39. The van der Waals surface area contributed by atoms with Gasteiger partial charge in [-0.2, -0.15) is 0 Å². The van der Waals surface area contributed by atoms with E-state index >= 15 is 0 Å². The van der Waals surface area contributed by atoms with Gasteiger partial charge in [0.25, 0.3) is 0 Å². The van der Waals surface area contributed by atoms with Crippen molar-refractivity contribution in [1.82, 2.24) is 15.1 Å². The second-order valence-electron chi connectivity index (χ2n) is 6.04. The number of rotatable bonds is 5. The fourth-order valence-corrected chi connectivity index (χ4v) is 2.88. The molecule has 1 fully saturated rings. The Morgan fingerprint density at radius 2 is 1.84 bits per heavy atom. The number of aromatic nitrogens is 2. The number of aryl methyl sites for hydroxylation is 1. The Hall–Kier alpha value is -2.63. The van der Waals surface area contributed by atoms with Crippen molar-refractivity contribution in [3.63, 3.8) is 0 Å². The number of hydrogen-bond donors (Lipinski definition) is 0. The molecule has 1 aromatic heterocycles. The monoisotopic (exact) mass is 340 g/mol. The Morgan fingerprint density at radius 3 is 2.44 bits per heavy atom. The molecule has 2 aromatic rings. The van der Waals surface area contributed by atoms with E-state index in [2.05, 4.69) is 10.2 Å². The van der Waals surface area contributed by atoms with Gasteiger partial charge in [0.05, 0.1) is 0 Å². The molecule has 1 aliphatic heterocycles. The first-order valence-corrected chi connectivity index (χ1v) is 8.83. The molecule has 0 aliphatic carbocycles. The van der Waals surface area contributed by atoms with Crippen LogP contribution >= 0.6 is 0 Å². The van der Waals surface area contributed by atoms with Crippen molar-refractivity contribution in [2.24, 2.45) is 0 Å². The van der Waals surface area contributed by atoms with E-state index in [1.165, 1.54) is 0 Å². The van der Waals surface area contributed by atoms with Gasteiger partial charge in [0.15, 0.2) is 0 Å². The van der Waals surface area contributed by atoms with E-state index in [1.54, 1.807) is 0 Å². The van der Waals surface area contributed by atoms with Crippen LogP contribution in [0.3, 0.4) is 0 Å². The lowest BCUT2D eigenvalue weighted by Crippen LogP contribution is -2.49. The molecule has 6 heteroatoms. The number of piperazine rings is 1. The molecule has 0 saturated carbocycles. The molecule has 2 heterocycles. The SMILES string of the molecule is CC/C(=C\c1ccccc1)C(=O)N1CCN(c2nnc(CC)o2)CC1. The molecule has 1 aliphatic rings. The van der Waals surface area contributed by atoms with Gasteiger partial charge >= 0.3 is 6.01 Å². The van der Waals surface area contributed by atoms with E-state index in [1.807, 2.05) is 60.1 Å². The number of hydrogen-bond acceptors (Lipinski definition) is 5. The topological polar surface area (TPSA) is 62.5 Å². The van der Waals surface area contributed by atoms with E-state index in [-0.39, 0.29) is 5.91 Å². The molecule has 3 rings (SSSR count). The van der Waals surface area contributed by atoms with Crippen molar-refractivity contribution in [1.29, 1.82) is 0 Å². The lowest BCUT2D eigenvalue weighted by molar-refractivity contribution is -0.127. The maximum absolute atomic E-state index is 12.8. The third kappa shape index (κ3) is 4.07. The molecule has 0 spiro atoms. The smallest absolute Gasteiger partial charge is 0.318 e. The third-order valence-electron chi connectivity index (χ3n) is 4.39. The van der Waals surface area contributed by atoms with Gasteiger partial charge in [-0.3, -0.25) is 4.79 Å². The molecular formula is C19H24N4O2. The predicted octanol–water partition coefficient (Wildman–Crippen LogP) is 2.77. The number of amides is 1. The molecule has 132 valence electrons. The zero-order chi connectivity index (χ0) is 17.6. The van der Waals surface area contributed by atoms with Crippen molar-refractivity contribution < 1.29 is 9.21 Å². The summed E-state index contributed by atoms with van der Waals surface area (Å²) in [5.74, 6) is 0.762. The standard InChI is InChI=1S/C19H24N4O2/c1-3-16(14-15-8-6-5-7-9-15)18(24)22-10-12-23(13-11-22)19-21-20-17(4-2)25-19/h5-9,14H,3-4,10-13H2,1-2H3/b16-14+. The van der Waals surface area contributed by atoms with Crippen LogP contribution in [0.4, 0.5) is 6.01 Å². The summed E-state index contributed by atoms with van der Waals surface area (Å²) in [5.41, 5.74) is 1.90. The highest BCUT2D eigenvalue weighted by molar-refractivity contribution is 5.97. The molecule has 0 N–H and O–H groups in total. The molecule has 1 aromatic carbocycles. The molecule has 0 unspecified atom stereocenters. The Kier molecular flexibility index (Phi) is 5.48. The first-order chi connectivity index (χ1) is 12.2. The molecule has 1 saturated heterocycles. The van der Waals surface area contributed by atoms with Crippen LogP contribution in [0.15, 0.2) is 40.3 Å². The van der Waals surface area contributed by atoms with Crippen LogP contribution in [0.5, 0.6) is 0 Å². The van der Waals surface area contributed by atoms with Crippen LogP contribution in [-0.2, 0) is 11.2 Å². The maximum atomic E-state index is 12.8. The summed E-state index contributed by atoms with van der Waals surface area (Å²) < 4.78 is 5.60. The van der Waals surface area contributed by atoms with Crippen LogP contribution in [0, 0.1) is 0 Å². The Labute approximate surface area is 148 Å². The predicted molar refractivity (Wildman–Crippen MR) is 97.2 cm³/mol. The van der Waals surface area contributed by atoms with Gasteiger partial charge in [-0.1, -0.05) is 49.3 Å². The summed E-state index contributed by atoms with van der Waals surface area (Å²) in [6.45, 7) is 6.75. The van der Waals surface area contributed by atoms with Crippen LogP contribution in [0.2, 0.25) is 0 Å². The van der Waals surface area contributed by atoms with Crippen molar-refractivity contribution >= 4 is 18.0 Å². The lowest BCUT2D eigenvalue weighted by atomic mass is 10.1. The first-order valence-electron chi connectivity index (χ1n) is 8.83. The highest BCUT2D eigenvalue weighted by Gasteiger charge is 2.25. The molecule has 6 nitrogen and oxygen atoms in total. The Balaban J connectivity index is 1.63. The lowest BCUT2D eigenvalue weighted by Gasteiger charge is -2.34. The molecule has 0 radical (unpaired) electrons. The summed E-state index contributed by atoms with van der Waals surface area (Å²) in [5, 5.41) is 8.09. The average Bonchev–Trinajstić information content (AvgIpc) is 3.16. The second-order valence-corrected chi connectivity index (χ2v) is 6.04. The van der Waals surface area contributed by atoms with Gasteiger partial charge in [0, 0.05) is 38.2 Å². The minimum atomic E-state index is 0.116. The van der Waals surface area contributed by atoms with Crippen molar-refractivity contribution in [3.8, 4) is 0 Å². The zero-order valence-electron chi connectivity index (χ0n) is 14.8. The van der Waals surface area contributed by atoms with Gasteiger partial charge in [-0.25, -0.2) is 0 Å². The Bertz CT molecular complexity index is 731. The molecule has 0 atom stereocenters. The fraction of sp³-hybridized carbons (Fsp3) is 0.421. The molecule has 1 amide bonds. The second kappa shape index (κ2) is 7.96. The largest absolute Gasteiger partial charge is 0.408 e. The Morgan fingerprint density at radius 1 is 1.12 bits per heavy atom. The zero-order valence-corrected chi connectivity index (χ0v) is 14.8. The average molecular weight is 340 g/mol. The summed E-state index contributed by atoms with van der Waals surface area (Å²) in [7, 11) is 0. The fourth-order valence-electron chi connectivity index (χ4n) is 2.88. The quantitative estimate of drug-likeness (QED) is 0.783. The van der Waals surface area contributed by atoms with Crippen LogP contribution in [-0.4, -0.2) is 47.2 Å². The number of nitrogens with zero attached hydrogens (tertiary/aromatic N) is 4. The minimum Gasteiger partial charge on any atom is -0.408 e. The van der Waals surface area contributed by atoms with Crippen molar-refractivity contribution in [3.05, 3.63) is 47.4 Å². The van der Waals surface area contributed by atoms with E-state index in [0.717, 1.165) is 24.0 Å². The van der Waals surface area contributed by atoms with Crippen molar-refractivity contribution in [2.75, 3.05) is 31.1 Å². The highest BCUT2D eigenvalue weighted by Crippen LogP contribution is 2.18. The summed E-state index contributed by atoms with van der Waals surface area (Å²) in [4.78, 5) is 16.8. The van der Waals surface area contributed by atoms with Gasteiger partial charge < -0.3 is 14.2 Å². The number of anilines is 1. The number of benzene rings is 1. The van der Waals surface area contributed by atoms with Gasteiger partial charge in [-0.15, -0.1) is 5.10 Å². The van der Waals surface area contributed by atoms with Gasteiger partial charge in [0.1, 0.15) is 0 Å². The summed E-state index contributed by atoms with van der Waals surface area (Å²) in [6, 6.07) is 10.5. The number of carbonyl (C=O) groups excluding carboxylic acids is 1. The normalized spacial score (nSPS) is 15.5. The highest BCUT2D eigenvalue weighted by atomic mass is 16.4. The maximum Gasteiger partial charge on any atom is 0.318 e. The molecule has 25 heavy (non-hydrogen) atoms. The van der Waals surface area contributed by atoms with Gasteiger partial charge in [-0.05, 0) is 18.1 Å². The van der Waals surface area contributed by atoms with Crippen molar-refractivity contribution in [2.45, 2.75) is 26.7 Å². The van der Waals surface area contributed by atoms with Crippen LogP contribution in [0.25, 0.3) is 6.08 Å². The van der Waals surface area contributed by atoms with E-state index < -0.39 is 0 Å². The first kappa shape index (κ1) is 17.2.